The normalized spacial score (nSPS) is 11.6. The average Bonchev–Trinajstić information content (AvgIpc) is 2.52. The highest BCUT2D eigenvalue weighted by molar-refractivity contribution is 5.95. The van der Waals surface area contributed by atoms with Gasteiger partial charge in [-0.2, -0.15) is 0 Å². The van der Waals surface area contributed by atoms with E-state index in [0.29, 0.717) is 22.9 Å². The molecule has 1 unspecified atom stereocenters. The van der Waals surface area contributed by atoms with Gasteiger partial charge in [0.25, 0.3) is 5.91 Å². The number of carbonyl (C=O) groups is 1. The smallest absolute Gasteiger partial charge is 0.265 e. The van der Waals surface area contributed by atoms with Gasteiger partial charge in [-0.05, 0) is 43.7 Å². The summed E-state index contributed by atoms with van der Waals surface area (Å²) in [7, 11) is 1.56. The zero-order valence-corrected chi connectivity index (χ0v) is 12.9. The number of methoxy groups -OCH3 is 1. The number of hydrogen-bond donors (Lipinski definition) is 2. The van der Waals surface area contributed by atoms with Crippen molar-refractivity contribution < 1.29 is 14.3 Å². The minimum absolute atomic E-state index is 0.250. The van der Waals surface area contributed by atoms with Crippen LogP contribution in [0.1, 0.15) is 12.5 Å². The van der Waals surface area contributed by atoms with E-state index in [2.05, 4.69) is 5.32 Å². The van der Waals surface area contributed by atoms with Crippen molar-refractivity contribution >= 4 is 17.3 Å². The molecule has 3 N–H and O–H groups in total. The van der Waals surface area contributed by atoms with E-state index < -0.39 is 6.10 Å². The standard InChI is InChI=1S/C17H20N2O3/c1-11-13(18)7-6-8-14(11)19-17(20)12(2)22-16-10-5-4-9-15(16)21-3/h4-10,12H,18H2,1-3H3,(H,19,20). The van der Waals surface area contributed by atoms with Crippen molar-refractivity contribution in [1.82, 2.24) is 0 Å². The Morgan fingerprint density at radius 2 is 1.82 bits per heavy atom. The van der Waals surface area contributed by atoms with Crippen molar-refractivity contribution in [3.8, 4) is 11.5 Å². The molecular formula is C17H20N2O3. The van der Waals surface area contributed by atoms with Gasteiger partial charge in [0.2, 0.25) is 0 Å². The average molecular weight is 300 g/mol. The molecule has 0 fully saturated rings. The number of nitrogens with one attached hydrogen (secondary N) is 1. The number of nitrogens with two attached hydrogens (primary N) is 1. The van der Waals surface area contributed by atoms with Crippen LogP contribution in [-0.4, -0.2) is 19.1 Å². The van der Waals surface area contributed by atoms with Crippen molar-refractivity contribution in [2.24, 2.45) is 0 Å². The summed E-state index contributed by atoms with van der Waals surface area (Å²) in [6, 6.07) is 12.6. The number of anilines is 2. The van der Waals surface area contributed by atoms with Crippen LogP contribution in [0, 0.1) is 6.92 Å². The molecule has 0 aromatic heterocycles. The van der Waals surface area contributed by atoms with E-state index in [0.717, 1.165) is 5.56 Å². The molecule has 22 heavy (non-hydrogen) atoms. The molecule has 1 amide bonds. The maximum Gasteiger partial charge on any atom is 0.265 e. The monoisotopic (exact) mass is 300 g/mol. The van der Waals surface area contributed by atoms with E-state index >= 15 is 0 Å². The number of para-hydroxylation sites is 2. The number of ether oxygens (including phenoxy) is 2. The summed E-state index contributed by atoms with van der Waals surface area (Å²) >= 11 is 0. The zero-order valence-electron chi connectivity index (χ0n) is 12.9. The highest BCUT2D eigenvalue weighted by Crippen LogP contribution is 2.27. The van der Waals surface area contributed by atoms with Crippen LogP contribution in [0.4, 0.5) is 11.4 Å². The quantitative estimate of drug-likeness (QED) is 0.833. The molecule has 0 radical (unpaired) electrons. The van der Waals surface area contributed by atoms with Gasteiger partial charge in [-0.25, -0.2) is 0 Å². The van der Waals surface area contributed by atoms with E-state index in [9.17, 15) is 4.79 Å². The van der Waals surface area contributed by atoms with E-state index in [1.807, 2.05) is 19.1 Å². The molecule has 2 rings (SSSR count). The van der Waals surface area contributed by atoms with Crippen LogP contribution < -0.4 is 20.5 Å². The van der Waals surface area contributed by atoms with Gasteiger partial charge >= 0.3 is 0 Å². The van der Waals surface area contributed by atoms with Crippen LogP contribution >= 0.6 is 0 Å². The maximum absolute atomic E-state index is 12.3. The van der Waals surface area contributed by atoms with Crippen molar-refractivity contribution in [3.63, 3.8) is 0 Å². The Balaban J connectivity index is 2.08. The molecule has 0 bridgehead atoms. The third-order valence-electron chi connectivity index (χ3n) is 3.38. The number of rotatable bonds is 5. The first-order chi connectivity index (χ1) is 10.5. The van der Waals surface area contributed by atoms with E-state index in [1.54, 1.807) is 44.4 Å². The van der Waals surface area contributed by atoms with Crippen LogP contribution in [0.15, 0.2) is 42.5 Å². The second-order valence-corrected chi connectivity index (χ2v) is 4.92. The molecule has 0 saturated carbocycles. The lowest BCUT2D eigenvalue weighted by Crippen LogP contribution is -2.30. The Kier molecular flexibility index (Phi) is 4.88. The molecule has 0 saturated heterocycles. The van der Waals surface area contributed by atoms with Gasteiger partial charge in [-0.1, -0.05) is 18.2 Å². The maximum atomic E-state index is 12.3. The predicted octanol–water partition coefficient (Wildman–Crippen LogP) is 2.99. The minimum atomic E-state index is -0.669. The second kappa shape index (κ2) is 6.85. The number of nitrogen functional groups attached to an aromatic ring is 1. The molecule has 0 aliphatic carbocycles. The molecule has 0 spiro atoms. The lowest BCUT2D eigenvalue weighted by atomic mass is 10.1. The van der Waals surface area contributed by atoms with Gasteiger partial charge in [0, 0.05) is 11.4 Å². The van der Waals surface area contributed by atoms with Crippen LogP contribution in [0.2, 0.25) is 0 Å². The molecule has 1 atom stereocenters. The van der Waals surface area contributed by atoms with Crippen molar-refractivity contribution in [1.29, 1.82) is 0 Å². The predicted molar refractivity (Wildman–Crippen MR) is 87.3 cm³/mol. The third kappa shape index (κ3) is 3.49. The SMILES string of the molecule is COc1ccccc1OC(C)C(=O)Nc1cccc(N)c1C. The zero-order chi connectivity index (χ0) is 16.1. The highest BCUT2D eigenvalue weighted by Gasteiger charge is 2.17. The summed E-state index contributed by atoms with van der Waals surface area (Å²) in [5, 5.41) is 2.82. The number of benzene rings is 2. The first-order valence-corrected chi connectivity index (χ1v) is 6.98. The molecule has 0 heterocycles. The first kappa shape index (κ1) is 15.7. The fraction of sp³-hybridized carbons (Fsp3) is 0.235. The van der Waals surface area contributed by atoms with Gasteiger partial charge in [-0.15, -0.1) is 0 Å². The van der Waals surface area contributed by atoms with Gasteiger partial charge in [0.15, 0.2) is 17.6 Å². The van der Waals surface area contributed by atoms with Crippen molar-refractivity contribution in [2.45, 2.75) is 20.0 Å². The van der Waals surface area contributed by atoms with Crippen LogP contribution in [0.5, 0.6) is 11.5 Å². The third-order valence-corrected chi connectivity index (χ3v) is 3.38. The van der Waals surface area contributed by atoms with Gasteiger partial charge in [0.1, 0.15) is 0 Å². The molecule has 0 aliphatic rings. The largest absolute Gasteiger partial charge is 0.493 e. The lowest BCUT2D eigenvalue weighted by molar-refractivity contribution is -0.122. The fourth-order valence-electron chi connectivity index (χ4n) is 1.98. The summed E-state index contributed by atoms with van der Waals surface area (Å²) in [4.78, 5) is 12.3. The van der Waals surface area contributed by atoms with Crippen LogP contribution in [0.25, 0.3) is 0 Å². The Bertz CT molecular complexity index is 671. The second-order valence-electron chi connectivity index (χ2n) is 4.92. The Hall–Kier alpha value is -2.69. The van der Waals surface area contributed by atoms with Crippen molar-refractivity contribution in [2.75, 3.05) is 18.2 Å². The van der Waals surface area contributed by atoms with Gasteiger partial charge in [-0.3, -0.25) is 4.79 Å². The van der Waals surface area contributed by atoms with Gasteiger partial charge < -0.3 is 20.5 Å². The van der Waals surface area contributed by atoms with Gasteiger partial charge in [0.05, 0.1) is 7.11 Å². The summed E-state index contributed by atoms with van der Waals surface area (Å²) in [6.07, 6.45) is -0.669. The molecule has 0 aliphatic heterocycles. The Labute approximate surface area is 130 Å². The molecule has 2 aromatic rings. The molecule has 2 aromatic carbocycles. The van der Waals surface area contributed by atoms with Crippen LogP contribution in [0.3, 0.4) is 0 Å². The first-order valence-electron chi connectivity index (χ1n) is 6.98. The summed E-state index contributed by atoms with van der Waals surface area (Å²) in [6.45, 7) is 3.54. The number of amides is 1. The van der Waals surface area contributed by atoms with E-state index in [1.165, 1.54) is 0 Å². The van der Waals surface area contributed by atoms with Crippen LogP contribution in [-0.2, 0) is 4.79 Å². The van der Waals surface area contributed by atoms with E-state index in [-0.39, 0.29) is 5.91 Å². The fourth-order valence-corrected chi connectivity index (χ4v) is 1.98. The molecular weight excluding hydrogens is 280 g/mol. The summed E-state index contributed by atoms with van der Waals surface area (Å²) < 4.78 is 10.9. The lowest BCUT2D eigenvalue weighted by Gasteiger charge is -2.17. The highest BCUT2D eigenvalue weighted by atomic mass is 16.5. The Morgan fingerprint density at radius 1 is 1.14 bits per heavy atom. The summed E-state index contributed by atoms with van der Waals surface area (Å²) in [5.41, 5.74) is 7.98. The van der Waals surface area contributed by atoms with Crippen molar-refractivity contribution in [3.05, 3.63) is 48.0 Å². The summed E-state index contributed by atoms with van der Waals surface area (Å²) in [5.74, 6) is 0.860. The van der Waals surface area contributed by atoms with E-state index in [4.69, 9.17) is 15.2 Å². The molecule has 116 valence electrons. The number of carbonyl (C=O) groups excluding carboxylic acids is 1. The number of hydrogen-bond acceptors (Lipinski definition) is 4. The molecule has 5 heteroatoms. The minimum Gasteiger partial charge on any atom is -0.493 e. The molecule has 5 nitrogen and oxygen atoms in total. The Morgan fingerprint density at radius 3 is 2.50 bits per heavy atom. The topological polar surface area (TPSA) is 73.6 Å².